The molecule has 0 saturated heterocycles. The van der Waals surface area contributed by atoms with E-state index >= 15 is 0 Å². The van der Waals surface area contributed by atoms with Gasteiger partial charge in [0.2, 0.25) is 0 Å². The van der Waals surface area contributed by atoms with Gasteiger partial charge < -0.3 is 9.67 Å². The average Bonchev–Trinajstić information content (AvgIpc) is 2.97. The zero-order chi connectivity index (χ0) is 21.3. The number of fused-ring (bicyclic) bond motifs is 1. The van der Waals surface area contributed by atoms with Gasteiger partial charge in [0.1, 0.15) is 6.54 Å². The third kappa shape index (κ3) is 4.43. The van der Waals surface area contributed by atoms with E-state index in [1.165, 1.54) is 23.6 Å². The van der Waals surface area contributed by atoms with Crippen LogP contribution in [0, 0.1) is 0 Å². The minimum absolute atomic E-state index is 0.00511. The summed E-state index contributed by atoms with van der Waals surface area (Å²) in [5, 5.41) is 9.19. The SMILES string of the molecule is CC(=O)c1ccc2sc(=NC(=O)c3cccc(C(F)(F)F)c3)n(CC(=O)O)c2c1. The first kappa shape index (κ1) is 20.5. The Bertz CT molecular complexity index is 1210. The number of hydrogen-bond donors (Lipinski definition) is 1. The lowest BCUT2D eigenvalue weighted by Crippen LogP contribution is -2.21. The van der Waals surface area contributed by atoms with Gasteiger partial charge in [0, 0.05) is 11.1 Å². The first-order chi connectivity index (χ1) is 13.6. The van der Waals surface area contributed by atoms with Crippen molar-refractivity contribution in [3.8, 4) is 0 Å². The van der Waals surface area contributed by atoms with Crippen LogP contribution >= 0.6 is 11.3 Å². The van der Waals surface area contributed by atoms with Crippen molar-refractivity contribution >= 4 is 39.2 Å². The van der Waals surface area contributed by atoms with E-state index < -0.39 is 30.2 Å². The number of aliphatic carboxylic acids is 1. The van der Waals surface area contributed by atoms with Crippen LogP contribution in [0.1, 0.15) is 33.2 Å². The van der Waals surface area contributed by atoms with E-state index in [0.717, 1.165) is 23.5 Å². The molecule has 0 aliphatic heterocycles. The summed E-state index contributed by atoms with van der Waals surface area (Å²) in [6.07, 6.45) is -4.61. The molecule has 0 atom stereocenters. The molecule has 3 rings (SSSR count). The van der Waals surface area contributed by atoms with Gasteiger partial charge in [0.05, 0.1) is 15.8 Å². The van der Waals surface area contributed by atoms with E-state index in [9.17, 15) is 32.7 Å². The second-order valence-electron chi connectivity index (χ2n) is 6.10. The van der Waals surface area contributed by atoms with Gasteiger partial charge in [-0.05, 0) is 43.3 Å². The number of carbonyl (C=O) groups is 3. The molecule has 150 valence electrons. The molecule has 0 spiro atoms. The van der Waals surface area contributed by atoms with Crippen molar-refractivity contribution in [2.45, 2.75) is 19.6 Å². The van der Waals surface area contributed by atoms with Crippen LogP contribution in [-0.2, 0) is 17.5 Å². The zero-order valence-electron chi connectivity index (χ0n) is 14.9. The molecule has 1 amide bonds. The molecule has 0 bridgehead atoms. The number of nitrogens with zero attached hydrogens (tertiary/aromatic N) is 2. The monoisotopic (exact) mass is 422 g/mol. The molecule has 3 aromatic rings. The minimum atomic E-state index is -4.61. The fourth-order valence-electron chi connectivity index (χ4n) is 2.64. The number of alkyl halides is 3. The predicted molar refractivity (Wildman–Crippen MR) is 98.8 cm³/mol. The number of benzene rings is 2. The summed E-state index contributed by atoms with van der Waals surface area (Å²) in [6.45, 7) is 0.827. The van der Waals surface area contributed by atoms with E-state index in [1.54, 1.807) is 12.1 Å². The van der Waals surface area contributed by atoms with Gasteiger partial charge in [-0.15, -0.1) is 0 Å². The Hall–Kier alpha value is -3.27. The molecule has 0 aliphatic carbocycles. The van der Waals surface area contributed by atoms with E-state index in [1.807, 2.05) is 0 Å². The molecule has 1 N–H and O–H groups in total. The van der Waals surface area contributed by atoms with Crippen molar-refractivity contribution in [3.63, 3.8) is 0 Å². The van der Waals surface area contributed by atoms with Crippen LogP contribution in [0.3, 0.4) is 0 Å². The maximum Gasteiger partial charge on any atom is 0.416 e. The molecule has 0 aliphatic rings. The van der Waals surface area contributed by atoms with E-state index in [2.05, 4.69) is 4.99 Å². The van der Waals surface area contributed by atoms with Crippen molar-refractivity contribution in [3.05, 3.63) is 64.0 Å². The fraction of sp³-hybridized carbons (Fsp3) is 0.158. The predicted octanol–water partition coefficient (Wildman–Crippen LogP) is 3.75. The van der Waals surface area contributed by atoms with Gasteiger partial charge in [-0.3, -0.25) is 14.4 Å². The molecule has 2 aromatic carbocycles. The van der Waals surface area contributed by atoms with Crippen LogP contribution in [-0.4, -0.2) is 27.3 Å². The van der Waals surface area contributed by atoms with E-state index in [-0.39, 0.29) is 16.1 Å². The van der Waals surface area contributed by atoms with Crippen LogP contribution in [0.2, 0.25) is 0 Å². The maximum atomic E-state index is 12.9. The zero-order valence-corrected chi connectivity index (χ0v) is 15.7. The lowest BCUT2D eigenvalue weighted by Gasteiger charge is -2.06. The summed E-state index contributed by atoms with van der Waals surface area (Å²) in [6, 6.07) is 8.47. The van der Waals surface area contributed by atoms with Crippen molar-refractivity contribution in [2.75, 3.05) is 0 Å². The summed E-state index contributed by atoms with van der Waals surface area (Å²) in [7, 11) is 0. The highest BCUT2D eigenvalue weighted by atomic mass is 32.1. The molecular weight excluding hydrogens is 409 g/mol. The lowest BCUT2D eigenvalue weighted by atomic mass is 10.1. The Balaban J connectivity index is 2.15. The Morgan fingerprint density at radius 2 is 1.83 bits per heavy atom. The Morgan fingerprint density at radius 3 is 2.45 bits per heavy atom. The normalized spacial score (nSPS) is 12.3. The molecule has 6 nitrogen and oxygen atoms in total. The number of carbonyl (C=O) groups excluding carboxylic acids is 2. The van der Waals surface area contributed by atoms with Crippen molar-refractivity contribution in [2.24, 2.45) is 4.99 Å². The largest absolute Gasteiger partial charge is 0.480 e. The standard InChI is InChI=1S/C19H13F3N2O4S/c1-10(25)11-5-6-15-14(8-11)24(9-16(26)27)18(29-15)23-17(28)12-3-2-4-13(7-12)19(20,21)22/h2-8H,9H2,1H3,(H,26,27). The minimum Gasteiger partial charge on any atom is -0.480 e. The van der Waals surface area contributed by atoms with Crippen LogP contribution in [0.4, 0.5) is 13.2 Å². The number of Topliss-reactive ketones (excluding diaryl/α,β-unsaturated/α-hetero) is 1. The quantitative estimate of drug-likeness (QED) is 0.649. The molecular formula is C19H13F3N2O4S. The Labute approximate surface area is 165 Å². The van der Waals surface area contributed by atoms with Gasteiger partial charge in [-0.2, -0.15) is 18.2 Å². The first-order valence-corrected chi connectivity index (χ1v) is 9.00. The highest BCUT2D eigenvalue weighted by Gasteiger charge is 2.30. The van der Waals surface area contributed by atoms with E-state index in [0.29, 0.717) is 21.8 Å². The molecule has 1 heterocycles. The lowest BCUT2D eigenvalue weighted by molar-refractivity contribution is -0.138. The number of ketones is 1. The first-order valence-electron chi connectivity index (χ1n) is 8.18. The second-order valence-corrected chi connectivity index (χ2v) is 7.11. The summed E-state index contributed by atoms with van der Waals surface area (Å²) in [5.74, 6) is -2.36. The number of carboxylic acid groups (broad SMARTS) is 1. The van der Waals surface area contributed by atoms with Crippen molar-refractivity contribution in [1.29, 1.82) is 0 Å². The number of aromatic nitrogens is 1. The topological polar surface area (TPSA) is 88.7 Å². The summed E-state index contributed by atoms with van der Waals surface area (Å²) < 4.78 is 40.4. The maximum absolute atomic E-state index is 12.9. The number of carboxylic acids is 1. The third-order valence-corrected chi connectivity index (χ3v) is 5.08. The number of rotatable bonds is 4. The number of halogens is 3. The van der Waals surface area contributed by atoms with E-state index in [4.69, 9.17) is 0 Å². The van der Waals surface area contributed by atoms with Crippen molar-refractivity contribution < 1.29 is 32.7 Å². The fourth-order valence-corrected chi connectivity index (χ4v) is 3.65. The molecule has 1 aromatic heterocycles. The Kier molecular flexibility index (Phi) is 5.38. The summed E-state index contributed by atoms with van der Waals surface area (Å²) in [5.41, 5.74) is -0.520. The summed E-state index contributed by atoms with van der Waals surface area (Å²) >= 11 is 0.998. The summed E-state index contributed by atoms with van der Waals surface area (Å²) in [4.78, 5) is 39.2. The number of amides is 1. The highest BCUT2D eigenvalue weighted by Crippen LogP contribution is 2.29. The number of hydrogen-bond acceptors (Lipinski definition) is 4. The molecule has 0 radical (unpaired) electrons. The Morgan fingerprint density at radius 1 is 1.10 bits per heavy atom. The molecule has 0 fully saturated rings. The molecule has 0 unspecified atom stereocenters. The average molecular weight is 422 g/mol. The molecule has 10 heteroatoms. The van der Waals surface area contributed by atoms with Gasteiger partial charge in [0.25, 0.3) is 5.91 Å². The number of thiazole rings is 1. The highest BCUT2D eigenvalue weighted by molar-refractivity contribution is 7.16. The van der Waals surface area contributed by atoms with Crippen LogP contribution in [0.5, 0.6) is 0 Å². The second kappa shape index (κ2) is 7.63. The smallest absolute Gasteiger partial charge is 0.416 e. The molecule has 0 saturated carbocycles. The molecule has 29 heavy (non-hydrogen) atoms. The van der Waals surface area contributed by atoms with Crippen LogP contribution in [0.15, 0.2) is 47.5 Å². The van der Waals surface area contributed by atoms with Crippen LogP contribution in [0.25, 0.3) is 10.2 Å². The van der Waals surface area contributed by atoms with Gasteiger partial charge in [-0.25, -0.2) is 0 Å². The van der Waals surface area contributed by atoms with Crippen molar-refractivity contribution in [1.82, 2.24) is 4.57 Å². The van der Waals surface area contributed by atoms with Gasteiger partial charge in [-0.1, -0.05) is 17.4 Å². The van der Waals surface area contributed by atoms with Crippen LogP contribution < -0.4 is 4.80 Å². The van der Waals surface area contributed by atoms with Gasteiger partial charge in [0.15, 0.2) is 10.6 Å². The third-order valence-electron chi connectivity index (χ3n) is 4.02. The van der Waals surface area contributed by atoms with Gasteiger partial charge >= 0.3 is 12.1 Å².